The third-order valence-corrected chi connectivity index (χ3v) is 5.49. The predicted molar refractivity (Wildman–Crippen MR) is 117 cm³/mol. The van der Waals surface area contributed by atoms with Crippen LogP contribution in [0.25, 0.3) is 10.9 Å². The summed E-state index contributed by atoms with van der Waals surface area (Å²) in [6.45, 7) is 4.45. The molecule has 30 heavy (non-hydrogen) atoms. The van der Waals surface area contributed by atoms with Crippen molar-refractivity contribution in [2.24, 2.45) is 0 Å². The Hall–Kier alpha value is -3.28. The molecule has 1 aliphatic rings. The van der Waals surface area contributed by atoms with Crippen LogP contribution in [0.5, 0.6) is 5.75 Å². The quantitative estimate of drug-likeness (QED) is 0.589. The molecule has 0 spiro atoms. The van der Waals surface area contributed by atoms with Gasteiger partial charge in [0.1, 0.15) is 11.4 Å². The second kappa shape index (κ2) is 9.03. The van der Waals surface area contributed by atoms with E-state index in [9.17, 15) is 9.59 Å². The lowest BCUT2D eigenvalue weighted by Gasteiger charge is -2.29. The summed E-state index contributed by atoms with van der Waals surface area (Å²) in [5, 5.41) is 3.86. The van der Waals surface area contributed by atoms with E-state index >= 15 is 0 Å². The smallest absolute Gasteiger partial charge is 0.267 e. The van der Waals surface area contributed by atoms with Crippen molar-refractivity contribution >= 4 is 22.7 Å². The number of nitrogens with zero attached hydrogens (tertiary/aromatic N) is 1. The highest BCUT2D eigenvalue weighted by molar-refractivity contribution is 5.98. The number of benzene rings is 2. The van der Waals surface area contributed by atoms with E-state index in [0.29, 0.717) is 38.2 Å². The normalized spacial score (nSPS) is 13.2. The predicted octanol–water partition coefficient (Wildman–Crippen LogP) is 3.66. The monoisotopic (exact) mass is 405 g/mol. The highest BCUT2D eigenvalue weighted by atomic mass is 16.5. The molecule has 0 radical (unpaired) electrons. The molecule has 156 valence electrons. The van der Waals surface area contributed by atoms with E-state index in [1.807, 2.05) is 48.2 Å². The average Bonchev–Trinajstić information content (AvgIpc) is 3.20. The van der Waals surface area contributed by atoms with Gasteiger partial charge in [0.25, 0.3) is 5.91 Å². The Balaban J connectivity index is 1.25. The third kappa shape index (κ3) is 4.48. The second-order valence-electron chi connectivity index (χ2n) is 7.56. The van der Waals surface area contributed by atoms with Crippen molar-refractivity contribution < 1.29 is 14.3 Å². The Kier molecular flexibility index (Phi) is 6.02. The van der Waals surface area contributed by atoms with Gasteiger partial charge in [-0.1, -0.05) is 24.3 Å². The first-order valence-corrected chi connectivity index (χ1v) is 10.5. The number of hydrogen-bond donors (Lipinski definition) is 2. The molecule has 4 rings (SSSR count). The fourth-order valence-corrected chi connectivity index (χ4v) is 3.89. The highest BCUT2D eigenvalue weighted by Crippen LogP contribution is 2.22. The highest BCUT2D eigenvalue weighted by Gasteiger charge is 2.20. The molecule has 0 aliphatic carbocycles. The van der Waals surface area contributed by atoms with Crippen molar-refractivity contribution in [2.45, 2.75) is 32.7 Å². The fourth-order valence-electron chi connectivity index (χ4n) is 3.89. The zero-order chi connectivity index (χ0) is 20.9. The topological polar surface area (TPSA) is 74.4 Å². The summed E-state index contributed by atoms with van der Waals surface area (Å²) in [7, 11) is 0. The number of ether oxygens (including phenoxy) is 1. The van der Waals surface area contributed by atoms with Crippen LogP contribution < -0.4 is 10.1 Å². The Morgan fingerprint density at radius 1 is 1.13 bits per heavy atom. The minimum Gasteiger partial charge on any atom is -0.494 e. The molecule has 6 nitrogen and oxygen atoms in total. The molecule has 3 aromatic rings. The van der Waals surface area contributed by atoms with Gasteiger partial charge in [-0.25, -0.2) is 0 Å². The number of aromatic amines is 1. The molecule has 2 N–H and O–H groups in total. The van der Waals surface area contributed by atoms with Crippen molar-refractivity contribution in [3.8, 4) is 5.75 Å². The maximum absolute atomic E-state index is 12.5. The number of carbonyl (C=O) groups is 2. The molecule has 0 saturated carbocycles. The van der Waals surface area contributed by atoms with Gasteiger partial charge in [0.2, 0.25) is 5.91 Å². The van der Waals surface area contributed by atoms with Crippen LogP contribution in [-0.4, -0.2) is 41.4 Å². The van der Waals surface area contributed by atoms with Gasteiger partial charge in [0.05, 0.1) is 6.61 Å². The lowest BCUT2D eigenvalue weighted by molar-refractivity contribution is -0.132. The van der Waals surface area contributed by atoms with E-state index in [1.165, 1.54) is 11.1 Å². The van der Waals surface area contributed by atoms with Crippen LogP contribution in [0.2, 0.25) is 0 Å². The summed E-state index contributed by atoms with van der Waals surface area (Å²) < 4.78 is 5.50. The fraction of sp³-hybridized carbons (Fsp3) is 0.333. The van der Waals surface area contributed by atoms with Crippen molar-refractivity contribution in [2.75, 3.05) is 19.7 Å². The van der Waals surface area contributed by atoms with E-state index in [4.69, 9.17) is 4.74 Å². The largest absolute Gasteiger partial charge is 0.494 e. The summed E-state index contributed by atoms with van der Waals surface area (Å²) >= 11 is 0. The first-order valence-electron chi connectivity index (χ1n) is 10.5. The van der Waals surface area contributed by atoms with Crippen molar-refractivity contribution in [1.29, 1.82) is 0 Å². The number of fused-ring (bicyclic) bond motifs is 2. The molecule has 1 aromatic heterocycles. The molecule has 1 aliphatic heterocycles. The van der Waals surface area contributed by atoms with E-state index in [-0.39, 0.29) is 11.8 Å². The molecule has 0 atom stereocenters. The van der Waals surface area contributed by atoms with Crippen LogP contribution in [0.1, 0.15) is 41.4 Å². The van der Waals surface area contributed by atoms with Gasteiger partial charge >= 0.3 is 0 Å². The number of nitrogens with one attached hydrogen (secondary N) is 2. The van der Waals surface area contributed by atoms with Crippen LogP contribution in [-0.2, 0) is 17.8 Å². The first kappa shape index (κ1) is 20.0. The summed E-state index contributed by atoms with van der Waals surface area (Å²) in [4.78, 5) is 30.0. The molecule has 2 aromatic carbocycles. The van der Waals surface area contributed by atoms with Gasteiger partial charge < -0.3 is 19.9 Å². The van der Waals surface area contributed by atoms with Crippen molar-refractivity contribution in [3.63, 3.8) is 0 Å². The van der Waals surface area contributed by atoms with E-state index in [0.717, 1.165) is 29.6 Å². The number of H-pyrrole nitrogens is 1. The van der Waals surface area contributed by atoms with Gasteiger partial charge in [-0.3, -0.25) is 9.59 Å². The summed E-state index contributed by atoms with van der Waals surface area (Å²) in [5.41, 5.74) is 3.95. The van der Waals surface area contributed by atoms with Gasteiger partial charge in [-0.2, -0.15) is 0 Å². The van der Waals surface area contributed by atoms with Crippen molar-refractivity contribution in [1.82, 2.24) is 15.2 Å². The van der Waals surface area contributed by atoms with Gasteiger partial charge in [-0.15, -0.1) is 0 Å². The Morgan fingerprint density at radius 2 is 1.97 bits per heavy atom. The van der Waals surface area contributed by atoms with E-state index in [2.05, 4.69) is 22.4 Å². The molecular formula is C24H27N3O3. The standard InChI is InChI=1S/C24H27N3O3/c1-2-30-20-10-9-18-14-22(26-21(18)15-20)24(29)25-12-5-8-23(28)27-13-11-17-6-3-4-7-19(17)16-27/h3-4,6-7,9-10,14-15,26H,2,5,8,11-13,16H2,1H3,(H,25,29). The third-order valence-electron chi connectivity index (χ3n) is 5.49. The number of rotatable bonds is 7. The number of aromatic nitrogens is 1. The van der Waals surface area contributed by atoms with E-state index in [1.54, 1.807) is 0 Å². The number of hydrogen-bond acceptors (Lipinski definition) is 3. The van der Waals surface area contributed by atoms with Gasteiger partial charge in [-0.05, 0) is 49.1 Å². The maximum atomic E-state index is 12.5. The number of amides is 2. The van der Waals surface area contributed by atoms with Gasteiger partial charge in [0.15, 0.2) is 0 Å². The summed E-state index contributed by atoms with van der Waals surface area (Å²) in [5.74, 6) is 0.758. The van der Waals surface area contributed by atoms with Crippen LogP contribution in [0.3, 0.4) is 0 Å². The van der Waals surface area contributed by atoms with Crippen LogP contribution in [0, 0.1) is 0 Å². The molecule has 2 heterocycles. The second-order valence-corrected chi connectivity index (χ2v) is 7.56. The van der Waals surface area contributed by atoms with Gasteiger partial charge in [0, 0.05) is 43.0 Å². The Morgan fingerprint density at radius 3 is 2.80 bits per heavy atom. The molecule has 6 heteroatoms. The molecule has 0 saturated heterocycles. The molecular weight excluding hydrogens is 378 g/mol. The first-order chi connectivity index (χ1) is 14.6. The van der Waals surface area contributed by atoms with Crippen LogP contribution in [0.4, 0.5) is 0 Å². The molecule has 2 amide bonds. The summed E-state index contributed by atoms with van der Waals surface area (Å²) in [6.07, 6.45) is 1.97. The van der Waals surface area contributed by atoms with Crippen LogP contribution >= 0.6 is 0 Å². The SMILES string of the molecule is CCOc1ccc2cc(C(=O)NCCCC(=O)N3CCc4ccccc4C3)[nH]c2c1. The minimum atomic E-state index is -0.163. The summed E-state index contributed by atoms with van der Waals surface area (Å²) in [6, 6.07) is 15.8. The Labute approximate surface area is 176 Å². The molecule has 0 bridgehead atoms. The molecule has 0 unspecified atom stereocenters. The lowest BCUT2D eigenvalue weighted by Crippen LogP contribution is -2.36. The number of carbonyl (C=O) groups excluding carboxylic acids is 2. The van der Waals surface area contributed by atoms with E-state index < -0.39 is 0 Å². The Bertz CT molecular complexity index is 1060. The minimum absolute atomic E-state index is 0.146. The maximum Gasteiger partial charge on any atom is 0.267 e. The molecule has 0 fully saturated rings. The zero-order valence-electron chi connectivity index (χ0n) is 17.2. The average molecular weight is 405 g/mol. The van der Waals surface area contributed by atoms with Crippen molar-refractivity contribution in [3.05, 3.63) is 65.4 Å². The lowest BCUT2D eigenvalue weighted by atomic mass is 9.99. The van der Waals surface area contributed by atoms with Crippen LogP contribution in [0.15, 0.2) is 48.5 Å². The zero-order valence-corrected chi connectivity index (χ0v) is 17.2.